The van der Waals surface area contributed by atoms with Crippen LogP contribution in [0.25, 0.3) is 10.6 Å². The van der Waals surface area contributed by atoms with E-state index in [1.807, 2.05) is 6.92 Å². The highest BCUT2D eigenvalue weighted by Gasteiger charge is 2.30. The van der Waals surface area contributed by atoms with Crippen LogP contribution >= 0.6 is 11.3 Å². The van der Waals surface area contributed by atoms with Gasteiger partial charge in [-0.2, -0.15) is 13.2 Å². The third-order valence-corrected chi connectivity index (χ3v) is 3.88. The van der Waals surface area contributed by atoms with E-state index >= 15 is 0 Å². The van der Waals surface area contributed by atoms with Crippen molar-refractivity contribution in [2.75, 3.05) is 6.54 Å². The number of nitrogens with one attached hydrogen (secondary N) is 1. The molecule has 0 aliphatic heterocycles. The highest BCUT2D eigenvalue weighted by atomic mass is 32.1. The van der Waals surface area contributed by atoms with E-state index in [2.05, 4.69) is 10.3 Å². The Hall–Kier alpha value is -1.89. The highest BCUT2D eigenvalue weighted by Crippen LogP contribution is 2.33. The molecule has 0 bridgehead atoms. The quantitative estimate of drug-likeness (QED) is 0.829. The molecule has 0 saturated carbocycles. The number of alkyl halides is 3. The molecule has 0 saturated heterocycles. The van der Waals surface area contributed by atoms with E-state index in [-0.39, 0.29) is 11.6 Å². The predicted octanol–water partition coefficient (Wildman–Crippen LogP) is 4.36. The number of unbranched alkanes of at least 4 members (excludes halogenated alkanes) is 1. The van der Waals surface area contributed by atoms with Crippen LogP contribution in [0.4, 0.5) is 13.2 Å². The van der Waals surface area contributed by atoms with Crippen LogP contribution in [0.2, 0.25) is 0 Å². The molecule has 0 unspecified atom stereocenters. The first-order valence-electron chi connectivity index (χ1n) is 6.83. The molecule has 0 fully saturated rings. The summed E-state index contributed by atoms with van der Waals surface area (Å²) in [7, 11) is 0. The van der Waals surface area contributed by atoms with Crippen molar-refractivity contribution in [2.45, 2.75) is 25.9 Å². The normalized spacial score (nSPS) is 11.5. The van der Waals surface area contributed by atoms with Crippen molar-refractivity contribution in [1.82, 2.24) is 10.3 Å². The van der Waals surface area contributed by atoms with E-state index in [1.54, 1.807) is 11.4 Å². The number of benzene rings is 1. The second-order valence-corrected chi connectivity index (χ2v) is 5.58. The summed E-state index contributed by atoms with van der Waals surface area (Å²) >= 11 is 1.15. The van der Waals surface area contributed by atoms with Crippen LogP contribution in [0.3, 0.4) is 0 Å². The summed E-state index contributed by atoms with van der Waals surface area (Å²) in [6, 6.07) is 4.93. The Balaban J connectivity index is 2.16. The SMILES string of the molecule is CCCCNC(=O)c1csc(-c2cccc(C(F)(F)F)c2)n1. The molecular weight excluding hydrogens is 313 g/mol. The molecule has 1 amide bonds. The third-order valence-electron chi connectivity index (χ3n) is 2.99. The van der Waals surface area contributed by atoms with E-state index in [1.165, 1.54) is 6.07 Å². The minimum atomic E-state index is -4.40. The van der Waals surface area contributed by atoms with Crippen molar-refractivity contribution in [3.8, 4) is 10.6 Å². The van der Waals surface area contributed by atoms with Crippen molar-refractivity contribution in [3.05, 3.63) is 40.9 Å². The second kappa shape index (κ2) is 6.91. The molecule has 2 aromatic rings. The predicted molar refractivity (Wildman–Crippen MR) is 79.8 cm³/mol. The minimum Gasteiger partial charge on any atom is -0.351 e. The summed E-state index contributed by atoms with van der Waals surface area (Å²) in [6.45, 7) is 2.58. The van der Waals surface area contributed by atoms with E-state index in [0.29, 0.717) is 17.1 Å². The average Bonchev–Trinajstić information content (AvgIpc) is 2.96. The lowest BCUT2D eigenvalue weighted by Crippen LogP contribution is -2.24. The Bertz CT molecular complexity index is 652. The first kappa shape index (κ1) is 16.5. The maximum absolute atomic E-state index is 12.7. The van der Waals surface area contributed by atoms with Crippen LogP contribution in [-0.2, 0) is 6.18 Å². The zero-order chi connectivity index (χ0) is 16.2. The van der Waals surface area contributed by atoms with Crippen LogP contribution < -0.4 is 5.32 Å². The molecule has 3 nitrogen and oxygen atoms in total. The second-order valence-electron chi connectivity index (χ2n) is 4.73. The summed E-state index contributed by atoms with van der Waals surface area (Å²) in [6.07, 6.45) is -2.56. The van der Waals surface area contributed by atoms with Gasteiger partial charge in [0.25, 0.3) is 5.91 Å². The fourth-order valence-electron chi connectivity index (χ4n) is 1.81. The van der Waals surface area contributed by atoms with Gasteiger partial charge in [-0.25, -0.2) is 4.98 Å². The fourth-order valence-corrected chi connectivity index (χ4v) is 2.61. The van der Waals surface area contributed by atoms with Crippen molar-refractivity contribution >= 4 is 17.2 Å². The van der Waals surface area contributed by atoms with E-state index in [0.717, 1.165) is 36.3 Å². The molecule has 0 atom stereocenters. The maximum atomic E-state index is 12.7. The van der Waals surface area contributed by atoms with Crippen LogP contribution in [0.5, 0.6) is 0 Å². The van der Waals surface area contributed by atoms with E-state index in [9.17, 15) is 18.0 Å². The molecule has 2 rings (SSSR count). The number of amides is 1. The Morgan fingerprint density at radius 3 is 2.82 bits per heavy atom. The van der Waals surface area contributed by atoms with Gasteiger partial charge >= 0.3 is 6.18 Å². The summed E-state index contributed by atoms with van der Waals surface area (Å²) in [5.41, 5.74) is -0.143. The lowest BCUT2D eigenvalue weighted by atomic mass is 10.1. The molecule has 22 heavy (non-hydrogen) atoms. The number of nitrogens with zero attached hydrogens (tertiary/aromatic N) is 1. The molecule has 0 aliphatic rings. The van der Waals surface area contributed by atoms with Gasteiger partial charge in [-0.05, 0) is 18.6 Å². The van der Waals surface area contributed by atoms with Crippen LogP contribution in [0.15, 0.2) is 29.6 Å². The van der Waals surface area contributed by atoms with Crippen LogP contribution in [-0.4, -0.2) is 17.4 Å². The largest absolute Gasteiger partial charge is 0.416 e. The van der Waals surface area contributed by atoms with Gasteiger partial charge in [-0.15, -0.1) is 11.3 Å². The number of carbonyl (C=O) groups is 1. The Morgan fingerprint density at radius 1 is 1.36 bits per heavy atom. The Kier molecular flexibility index (Phi) is 5.18. The number of hydrogen-bond donors (Lipinski definition) is 1. The molecule has 1 aromatic heterocycles. The molecule has 0 radical (unpaired) electrons. The summed E-state index contributed by atoms with van der Waals surface area (Å²) in [4.78, 5) is 16.0. The number of aromatic nitrogens is 1. The number of thiazole rings is 1. The zero-order valence-corrected chi connectivity index (χ0v) is 12.7. The van der Waals surface area contributed by atoms with Crippen molar-refractivity contribution in [3.63, 3.8) is 0 Å². The summed E-state index contributed by atoms with van der Waals surface area (Å²) in [5, 5.41) is 4.67. The maximum Gasteiger partial charge on any atom is 0.416 e. The van der Waals surface area contributed by atoms with Gasteiger partial charge in [0, 0.05) is 17.5 Å². The molecule has 1 aromatic carbocycles. The Labute approximate surface area is 130 Å². The highest BCUT2D eigenvalue weighted by molar-refractivity contribution is 7.13. The van der Waals surface area contributed by atoms with Crippen LogP contribution in [0.1, 0.15) is 35.8 Å². The zero-order valence-electron chi connectivity index (χ0n) is 11.9. The molecule has 1 heterocycles. The number of carbonyl (C=O) groups excluding carboxylic acids is 1. The summed E-state index contributed by atoms with van der Waals surface area (Å²) < 4.78 is 38.1. The van der Waals surface area contributed by atoms with Gasteiger partial charge in [-0.3, -0.25) is 4.79 Å². The number of rotatable bonds is 5. The van der Waals surface area contributed by atoms with Gasteiger partial charge < -0.3 is 5.32 Å². The van der Waals surface area contributed by atoms with Crippen LogP contribution in [0, 0.1) is 0 Å². The monoisotopic (exact) mass is 328 g/mol. The van der Waals surface area contributed by atoms with E-state index < -0.39 is 11.7 Å². The molecule has 7 heteroatoms. The first-order chi connectivity index (χ1) is 10.4. The minimum absolute atomic E-state index is 0.230. The standard InChI is InChI=1S/C15H15F3N2OS/c1-2-3-7-19-13(21)12-9-22-14(20-12)10-5-4-6-11(8-10)15(16,17)18/h4-6,8-9H,2-3,7H2,1H3,(H,19,21). The lowest BCUT2D eigenvalue weighted by molar-refractivity contribution is -0.137. The summed E-state index contributed by atoms with van der Waals surface area (Å²) in [5.74, 6) is -0.303. The average molecular weight is 328 g/mol. The van der Waals surface area contributed by atoms with Gasteiger partial charge in [0.05, 0.1) is 5.56 Å². The molecule has 0 aliphatic carbocycles. The third kappa shape index (κ3) is 4.07. The molecule has 118 valence electrons. The molecule has 1 N–H and O–H groups in total. The lowest BCUT2D eigenvalue weighted by Gasteiger charge is -2.07. The first-order valence-corrected chi connectivity index (χ1v) is 7.71. The van der Waals surface area contributed by atoms with Gasteiger partial charge in [-0.1, -0.05) is 25.5 Å². The van der Waals surface area contributed by atoms with Gasteiger partial charge in [0.2, 0.25) is 0 Å². The number of halogens is 3. The molecular formula is C15H15F3N2OS. The van der Waals surface area contributed by atoms with E-state index in [4.69, 9.17) is 0 Å². The van der Waals surface area contributed by atoms with Gasteiger partial charge in [0.1, 0.15) is 10.7 Å². The Morgan fingerprint density at radius 2 is 2.14 bits per heavy atom. The smallest absolute Gasteiger partial charge is 0.351 e. The fraction of sp³-hybridized carbons (Fsp3) is 0.333. The van der Waals surface area contributed by atoms with Crippen molar-refractivity contribution < 1.29 is 18.0 Å². The number of hydrogen-bond acceptors (Lipinski definition) is 3. The topological polar surface area (TPSA) is 42.0 Å². The van der Waals surface area contributed by atoms with Gasteiger partial charge in [0.15, 0.2) is 0 Å². The van der Waals surface area contributed by atoms with Crippen molar-refractivity contribution in [1.29, 1.82) is 0 Å². The van der Waals surface area contributed by atoms with Crippen molar-refractivity contribution in [2.24, 2.45) is 0 Å². The molecule has 0 spiro atoms.